The molecule has 1 unspecified atom stereocenters. The first-order valence-corrected chi connectivity index (χ1v) is 8.06. The second-order valence-corrected chi connectivity index (χ2v) is 5.86. The number of carbonyl (C=O) groups excluding carboxylic acids is 1. The summed E-state index contributed by atoms with van der Waals surface area (Å²) >= 11 is 0. The zero-order valence-electron chi connectivity index (χ0n) is 13.6. The fourth-order valence-corrected chi connectivity index (χ4v) is 2.94. The summed E-state index contributed by atoms with van der Waals surface area (Å²) in [5.74, 6) is 2.39. The van der Waals surface area contributed by atoms with Crippen LogP contribution in [0.1, 0.15) is 54.2 Å². The Morgan fingerprint density at radius 3 is 3.00 bits per heavy atom. The SMILES string of the molecule is COc1cccc(C(=O)NC(C)c2nnc3n2CCCCC3)c1. The fraction of sp³-hybridized carbons (Fsp3) is 0.471. The van der Waals surface area contributed by atoms with Crippen LogP contribution in [-0.4, -0.2) is 27.8 Å². The van der Waals surface area contributed by atoms with Crippen LogP contribution in [0.5, 0.6) is 5.75 Å². The molecule has 2 heterocycles. The molecule has 1 aromatic heterocycles. The molecule has 1 aromatic carbocycles. The standard InChI is InChI=1S/C17H22N4O2/c1-12(16-20-19-15-9-4-3-5-10-21(15)16)18-17(22)13-7-6-8-14(11-13)23-2/h6-8,11-12H,3-5,9-10H2,1-2H3,(H,18,22). The number of aryl methyl sites for hydroxylation is 1. The third-order valence-corrected chi connectivity index (χ3v) is 4.20. The van der Waals surface area contributed by atoms with Gasteiger partial charge in [-0.2, -0.15) is 0 Å². The van der Waals surface area contributed by atoms with Gasteiger partial charge in [-0.25, -0.2) is 0 Å². The lowest BCUT2D eigenvalue weighted by molar-refractivity contribution is 0.0937. The molecule has 2 aromatic rings. The van der Waals surface area contributed by atoms with Gasteiger partial charge in [-0.15, -0.1) is 10.2 Å². The molecule has 1 aliphatic heterocycles. The van der Waals surface area contributed by atoms with Gasteiger partial charge in [-0.1, -0.05) is 12.5 Å². The minimum absolute atomic E-state index is 0.137. The van der Waals surface area contributed by atoms with Crippen LogP contribution in [0.15, 0.2) is 24.3 Å². The highest BCUT2D eigenvalue weighted by Crippen LogP contribution is 2.19. The van der Waals surface area contributed by atoms with E-state index < -0.39 is 0 Å². The zero-order chi connectivity index (χ0) is 16.2. The lowest BCUT2D eigenvalue weighted by Gasteiger charge is -2.15. The summed E-state index contributed by atoms with van der Waals surface area (Å²) in [7, 11) is 1.59. The van der Waals surface area contributed by atoms with E-state index in [0.717, 1.165) is 37.5 Å². The Bertz CT molecular complexity index is 696. The third kappa shape index (κ3) is 3.36. The maximum atomic E-state index is 12.4. The number of benzene rings is 1. The van der Waals surface area contributed by atoms with Gasteiger partial charge in [0.1, 0.15) is 11.6 Å². The topological polar surface area (TPSA) is 69.0 Å². The first-order chi connectivity index (χ1) is 11.2. The smallest absolute Gasteiger partial charge is 0.251 e. The number of aromatic nitrogens is 3. The van der Waals surface area contributed by atoms with Crippen molar-refractivity contribution in [3.05, 3.63) is 41.5 Å². The molecule has 0 saturated heterocycles. The summed E-state index contributed by atoms with van der Waals surface area (Å²) in [6.07, 6.45) is 4.47. The number of fused-ring (bicyclic) bond motifs is 1. The first-order valence-electron chi connectivity index (χ1n) is 8.06. The molecule has 0 aliphatic carbocycles. The number of hydrogen-bond donors (Lipinski definition) is 1. The van der Waals surface area contributed by atoms with Crippen LogP contribution in [0.2, 0.25) is 0 Å². The molecule has 3 rings (SSSR count). The van der Waals surface area contributed by atoms with Crippen LogP contribution in [0.25, 0.3) is 0 Å². The quantitative estimate of drug-likeness (QED) is 0.941. The molecule has 0 saturated carbocycles. The summed E-state index contributed by atoms with van der Waals surface area (Å²) in [6, 6.07) is 6.94. The summed E-state index contributed by atoms with van der Waals surface area (Å²) < 4.78 is 7.32. The number of carbonyl (C=O) groups is 1. The van der Waals surface area contributed by atoms with Crippen LogP contribution in [0.3, 0.4) is 0 Å². The number of nitrogens with zero attached hydrogens (tertiary/aromatic N) is 3. The van der Waals surface area contributed by atoms with Crippen LogP contribution in [0, 0.1) is 0 Å². The maximum Gasteiger partial charge on any atom is 0.251 e. The largest absolute Gasteiger partial charge is 0.497 e. The van der Waals surface area contributed by atoms with Crippen molar-refractivity contribution in [1.82, 2.24) is 20.1 Å². The second kappa shape index (κ2) is 6.81. The van der Waals surface area contributed by atoms with Crippen molar-refractivity contribution >= 4 is 5.91 Å². The molecule has 1 aliphatic rings. The van der Waals surface area contributed by atoms with Crippen molar-refractivity contribution in [2.75, 3.05) is 7.11 Å². The molecule has 23 heavy (non-hydrogen) atoms. The Labute approximate surface area is 135 Å². The van der Waals surface area contributed by atoms with E-state index in [1.54, 1.807) is 19.2 Å². The van der Waals surface area contributed by atoms with Gasteiger partial charge in [0.05, 0.1) is 13.2 Å². The van der Waals surface area contributed by atoms with E-state index in [9.17, 15) is 4.79 Å². The molecular weight excluding hydrogens is 292 g/mol. The number of methoxy groups -OCH3 is 1. The van der Waals surface area contributed by atoms with Crippen molar-refractivity contribution in [3.63, 3.8) is 0 Å². The van der Waals surface area contributed by atoms with E-state index in [-0.39, 0.29) is 11.9 Å². The molecule has 1 atom stereocenters. The van der Waals surface area contributed by atoms with E-state index in [2.05, 4.69) is 20.1 Å². The van der Waals surface area contributed by atoms with Crippen molar-refractivity contribution < 1.29 is 9.53 Å². The van der Waals surface area contributed by atoms with E-state index in [0.29, 0.717) is 11.3 Å². The van der Waals surface area contributed by atoms with Crippen LogP contribution < -0.4 is 10.1 Å². The molecule has 0 spiro atoms. The minimum atomic E-state index is -0.187. The van der Waals surface area contributed by atoms with Gasteiger partial charge in [-0.05, 0) is 38.0 Å². The molecule has 6 nitrogen and oxygen atoms in total. The molecule has 0 fully saturated rings. The summed E-state index contributed by atoms with van der Waals surface area (Å²) in [5.41, 5.74) is 0.576. The Kier molecular flexibility index (Phi) is 4.60. The van der Waals surface area contributed by atoms with Gasteiger partial charge in [0.15, 0.2) is 5.82 Å². The Hall–Kier alpha value is -2.37. The number of rotatable bonds is 4. The highest BCUT2D eigenvalue weighted by molar-refractivity contribution is 5.94. The maximum absolute atomic E-state index is 12.4. The van der Waals surface area contributed by atoms with Gasteiger partial charge < -0.3 is 14.6 Å². The van der Waals surface area contributed by atoms with E-state index in [1.807, 2.05) is 19.1 Å². The Morgan fingerprint density at radius 2 is 2.17 bits per heavy atom. The Morgan fingerprint density at radius 1 is 1.30 bits per heavy atom. The van der Waals surface area contributed by atoms with Crippen LogP contribution in [-0.2, 0) is 13.0 Å². The van der Waals surface area contributed by atoms with Crippen molar-refractivity contribution in [2.24, 2.45) is 0 Å². The highest BCUT2D eigenvalue weighted by Gasteiger charge is 2.21. The lowest BCUT2D eigenvalue weighted by Crippen LogP contribution is -2.29. The molecule has 6 heteroatoms. The van der Waals surface area contributed by atoms with E-state index in [1.165, 1.54) is 6.42 Å². The minimum Gasteiger partial charge on any atom is -0.497 e. The first kappa shape index (κ1) is 15.5. The number of hydrogen-bond acceptors (Lipinski definition) is 4. The zero-order valence-corrected chi connectivity index (χ0v) is 13.6. The van der Waals surface area contributed by atoms with Gasteiger partial charge in [0.25, 0.3) is 5.91 Å². The lowest BCUT2D eigenvalue weighted by atomic mass is 10.2. The Balaban J connectivity index is 1.75. The predicted molar refractivity (Wildman–Crippen MR) is 86.5 cm³/mol. The third-order valence-electron chi connectivity index (χ3n) is 4.20. The summed E-state index contributed by atoms with van der Waals surface area (Å²) in [4.78, 5) is 12.4. The summed E-state index contributed by atoms with van der Waals surface area (Å²) in [5, 5.41) is 11.6. The molecule has 1 amide bonds. The van der Waals surface area contributed by atoms with Crippen molar-refractivity contribution in [2.45, 2.75) is 45.2 Å². The molecule has 122 valence electrons. The molecule has 0 radical (unpaired) electrons. The number of ether oxygens (including phenoxy) is 1. The monoisotopic (exact) mass is 314 g/mol. The van der Waals surface area contributed by atoms with Crippen molar-refractivity contribution in [1.29, 1.82) is 0 Å². The average molecular weight is 314 g/mol. The van der Waals surface area contributed by atoms with E-state index >= 15 is 0 Å². The van der Waals surface area contributed by atoms with Gasteiger partial charge >= 0.3 is 0 Å². The average Bonchev–Trinajstić information content (AvgIpc) is 2.83. The van der Waals surface area contributed by atoms with E-state index in [4.69, 9.17) is 4.74 Å². The molecular formula is C17H22N4O2. The predicted octanol–water partition coefficient (Wildman–Crippen LogP) is 2.50. The van der Waals surface area contributed by atoms with Gasteiger partial charge in [0.2, 0.25) is 0 Å². The summed E-state index contributed by atoms with van der Waals surface area (Å²) in [6.45, 7) is 2.87. The number of nitrogens with one attached hydrogen (secondary N) is 1. The highest BCUT2D eigenvalue weighted by atomic mass is 16.5. The second-order valence-electron chi connectivity index (χ2n) is 5.86. The molecule has 0 bridgehead atoms. The fourth-order valence-electron chi connectivity index (χ4n) is 2.94. The number of amides is 1. The van der Waals surface area contributed by atoms with Crippen LogP contribution in [0.4, 0.5) is 0 Å². The van der Waals surface area contributed by atoms with Crippen molar-refractivity contribution in [3.8, 4) is 5.75 Å². The van der Waals surface area contributed by atoms with Gasteiger partial charge in [0, 0.05) is 18.5 Å². The normalized spacial score (nSPS) is 15.4. The molecule has 1 N–H and O–H groups in total. The van der Waals surface area contributed by atoms with Gasteiger partial charge in [-0.3, -0.25) is 4.79 Å². The van der Waals surface area contributed by atoms with Crippen LogP contribution >= 0.6 is 0 Å².